The summed E-state index contributed by atoms with van der Waals surface area (Å²) in [5.74, 6) is -1.13. The van der Waals surface area contributed by atoms with Crippen molar-refractivity contribution in [2.24, 2.45) is 0 Å². The van der Waals surface area contributed by atoms with Gasteiger partial charge in [0.1, 0.15) is 0 Å². The largest absolute Gasteiger partial charge is 0.347 e. The summed E-state index contributed by atoms with van der Waals surface area (Å²) in [6, 6.07) is -0.0692. The quantitative estimate of drug-likeness (QED) is 0.793. The summed E-state index contributed by atoms with van der Waals surface area (Å²) in [4.78, 5) is 10.8. The molecule has 82 valence electrons. The van der Waals surface area contributed by atoms with Crippen molar-refractivity contribution in [2.75, 3.05) is 6.26 Å². The van der Waals surface area contributed by atoms with Gasteiger partial charge in [-0.05, 0) is 19.1 Å². The van der Waals surface area contributed by atoms with Gasteiger partial charge in [-0.1, -0.05) is 12.8 Å². The highest BCUT2D eigenvalue weighted by Gasteiger charge is 2.28. The summed E-state index contributed by atoms with van der Waals surface area (Å²) in [5.41, 5.74) is 0. The summed E-state index contributed by atoms with van der Waals surface area (Å²) >= 11 is 1.65. The van der Waals surface area contributed by atoms with E-state index in [1.807, 2.05) is 6.26 Å². The number of carbonyl (C=O) groups is 1. The Kier molecular flexibility index (Phi) is 4.65. The zero-order chi connectivity index (χ0) is 10.6. The molecule has 5 heteroatoms. The van der Waals surface area contributed by atoms with Crippen molar-refractivity contribution in [2.45, 2.75) is 43.4 Å². The van der Waals surface area contributed by atoms with Gasteiger partial charge in [0.05, 0.1) is 0 Å². The highest BCUT2D eigenvalue weighted by molar-refractivity contribution is 7.99. The Morgan fingerprint density at radius 1 is 1.43 bits per heavy atom. The van der Waals surface area contributed by atoms with Crippen LogP contribution in [-0.2, 0) is 4.79 Å². The third-order valence-electron chi connectivity index (χ3n) is 2.53. The van der Waals surface area contributed by atoms with E-state index < -0.39 is 12.3 Å². The predicted octanol–water partition coefficient (Wildman–Crippen LogP) is 2.04. The molecule has 2 nitrogen and oxygen atoms in total. The molecule has 0 heterocycles. The van der Waals surface area contributed by atoms with E-state index in [1.165, 1.54) is 0 Å². The van der Waals surface area contributed by atoms with Crippen molar-refractivity contribution >= 4 is 17.7 Å². The second-order valence-corrected chi connectivity index (χ2v) is 4.55. The van der Waals surface area contributed by atoms with Gasteiger partial charge in [0.2, 0.25) is 0 Å². The van der Waals surface area contributed by atoms with E-state index in [-0.39, 0.29) is 6.04 Å². The van der Waals surface area contributed by atoms with Crippen molar-refractivity contribution in [3.63, 3.8) is 0 Å². The number of carbonyl (C=O) groups excluding carboxylic acids is 1. The van der Waals surface area contributed by atoms with Crippen molar-refractivity contribution < 1.29 is 13.6 Å². The zero-order valence-corrected chi connectivity index (χ0v) is 8.95. The second kappa shape index (κ2) is 5.53. The van der Waals surface area contributed by atoms with Crippen LogP contribution in [-0.4, -0.2) is 29.9 Å². The van der Waals surface area contributed by atoms with E-state index >= 15 is 0 Å². The number of rotatable bonds is 3. The highest BCUT2D eigenvalue weighted by Crippen LogP contribution is 2.27. The van der Waals surface area contributed by atoms with E-state index in [2.05, 4.69) is 5.32 Å². The molecule has 1 saturated carbocycles. The molecule has 1 N–H and O–H groups in total. The van der Waals surface area contributed by atoms with Gasteiger partial charge in [0.15, 0.2) is 0 Å². The van der Waals surface area contributed by atoms with Crippen molar-refractivity contribution in [1.82, 2.24) is 5.32 Å². The molecule has 0 aliphatic heterocycles. The van der Waals surface area contributed by atoms with Gasteiger partial charge in [-0.25, -0.2) is 0 Å². The van der Waals surface area contributed by atoms with Crippen LogP contribution < -0.4 is 5.32 Å². The third-order valence-corrected chi connectivity index (χ3v) is 3.70. The molecule has 14 heavy (non-hydrogen) atoms. The molecule has 0 saturated heterocycles. The average Bonchev–Trinajstić information content (AvgIpc) is 2.18. The first-order valence-corrected chi connectivity index (χ1v) is 6.05. The molecule has 0 radical (unpaired) electrons. The summed E-state index contributed by atoms with van der Waals surface area (Å²) < 4.78 is 24.0. The number of thioether (sulfide) groups is 1. The fourth-order valence-corrected chi connectivity index (χ4v) is 2.72. The normalized spacial score (nSPS) is 27.7. The molecular formula is C9H15F2NOS. The lowest BCUT2D eigenvalue weighted by molar-refractivity contribution is -0.132. The van der Waals surface area contributed by atoms with Crippen LogP contribution in [0.4, 0.5) is 8.78 Å². The minimum absolute atomic E-state index is 0.0692. The average molecular weight is 223 g/mol. The van der Waals surface area contributed by atoms with E-state index in [0.29, 0.717) is 5.25 Å². The van der Waals surface area contributed by atoms with Gasteiger partial charge in [0.25, 0.3) is 5.91 Å². The topological polar surface area (TPSA) is 29.1 Å². The number of alkyl halides is 2. The van der Waals surface area contributed by atoms with E-state index in [1.54, 1.807) is 11.8 Å². The maximum Gasteiger partial charge on any atom is 0.315 e. The maximum absolute atomic E-state index is 12.0. The number of amides is 1. The van der Waals surface area contributed by atoms with Crippen LogP contribution in [0, 0.1) is 0 Å². The van der Waals surface area contributed by atoms with E-state index in [9.17, 15) is 13.6 Å². The molecule has 0 spiro atoms. The lowest BCUT2D eigenvalue weighted by Crippen LogP contribution is -2.45. The van der Waals surface area contributed by atoms with Crippen molar-refractivity contribution in [3.05, 3.63) is 0 Å². The van der Waals surface area contributed by atoms with Gasteiger partial charge < -0.3 is 5.32 Å². The van der Waals surface area contributed by atoms with Crippen LogP contribution in [0.2, 0.25) is 0 Å². The molecule has 1 rings (SSSR count). The first kappa shape index (κ1) is 11.8. The van der Waals surface area contributed by atoms with Gasteiger partial charge >= 0.3 is 6.43 Å². The number of hydrogen-bond acceptors (Lipinski definition) is 2. The SMILES string of the molecule is CSC1CCCCC1NC(=O)C(F)F. The lowest BCUT2D eigenvalue weighted by Gasteiger charge is -2.30. The van der Waals surface area contributed by atoms with Gasteiger partial charge in [-0.3, -0.25) is 4.79 Å². The summed E-state index contributed by atoms with van der Waals surface area (Å²) in [6.45, 7) is 0. The fraction of sp³-hybridized carbons (Fsp3) is 0.889. The van der Waals surface area contributed by atoms with Crippen LogP contribution in [0.15, 0.2) is 0 Å². The lowest BCUT2D eigenvalue weighted by atomic mass is 9.95. The third kappa shape index (κ3) is 3.12. The molecule has 0 aromatic heterocycles. The predicted molar refractivity (Wildman–Crippen MR) is 53.7 cm³/mol. The minimum Gasteiger partial charge on any atom is -0.347 e. The van der Waals surface area contributed by atoms with Crippen LogP contribution in [0.1, 0.15) is 25.7 Å². The summed E-state index contributed by atoms with van der Waals surface area (Å²) in [5, 5.41) is 2.71. The van der Waals surface area contributed by atoms with Gasteiger partial charge in [0, 0.05) is 11.3 Å². The molecule has 1 aliphatic rings. The smallest absolute Gasteiger partial charge is 0.315 e. The number of halogens is 2. The van der Waals surface area contributed by atoms with Crippen LogP contribution in [0.5, 0.6) is 0 Å². The summed E-state index contributed by atoms with van der Waals surface area (Å²) in [6.07, 6.45) is 3.05. The molecule has 1 amide bonds. The van der Waals surface area contributed by atoms with Crippen LogP contribution in [0.25, 0.3) is 0 Å². The fourth-order valence-electron chi connectivity index (χ4n) is 1.79. The van der Waals surface area contributed by atoms with E-state index in [4.69, 9.17) is 0 Å². The minimum atomic E-state index is -2.89. The Bertz CT molecular complexity index is 201. The Hall–Kier alpha value is -0.320. The maximum atomic E-state index is 12.0. The standard InChI is InChI=1S/C9H15F2NOS/c1-14-7-5-3-2-4-6(7)12-9(13)8(10)11/h6-8H,2-5H2,1H3,(H,12,13). The Balaban J connectivity index is 2.44. The Labute approximate surface area is 86.8 Å². The Morgan fingerprint density at radius 3 is 2.64 bits per heavy atom. The second-order valence-electron chi connectivity index (χ2n) is 3.47. The molecule has 0 aromatic carbocycles. The number of hydrogen-bond donors (Lipinski definition) is 1. The van der Waals surface area contributed by atoms with E-state index in [0.717, 1.165) is 25.7 Å². The first-order valence-electron chi connectivity index (χ1n) is 4.76. The van der Waals surface area contributed by atoms with Gasteiger partial charge in [-0.2, -0.15) is 20.5 Å². The monoisotopic (exact) mass is 223 g/mol. The molecule has 2 atom stereocenters. The molecule has 0 bridgehead atoms. The van der Waals surface area contributed by atoms with Crippen molar-refractivity contribution in [3.8, 4) is 0 Å². The molecular weight excluding hydrogens is 208 g/mol. The molecule has 0 aromatic rings. The Morgan fingerprint density at radius 2 is 2.07 bits per heavy atom. The highest BCUT2D eigenvalue weighted by atomic mass is 32.2. The molecule has 1 aliphatic carbocycles. The van der Waals surface area contributed by atoms with Crippen LogP contribution in [0.3, 0.4) is 0 Å². The summed E-state index contributed by atoms with van der Waals surface area (Å²) in [7, 11) is 0. The molecule has 2 unspecified atom stereocenters. The number of nitrogens with one attached hydrogen (secondary N) is 1. The first-order chi connectivity index (χ1) is 6.65. The molecule has 1 fully saturated rings. The van der Waals surface area contributed by atoms with Crippen LogP contribution >= 0.6 is 11.8 Å². The van der Waals surface area contributed by atoms with Gasteiger partial charge in [-0.15, -0.1) is 0 Å². The van der Waals surface area contributed by atoms with Crippen molar-refractivity contribution in [1.29, 1.82) is 0 Å². The zero-order valence-electron chi connectivity index (χ0n) is 8.13.